The molecule has 0 aliphatic heterocycles. The molecule has 2 nitrogen and oxygen atoms in total. The summed E-state index contributed by atoms with van der Waals surface area (Å²) in [6.07, 6.45) is 0. The highest BCUT2D eigenvalue weighted by Gasteiger charge is 2.25. The van der Waals surface area contributed by atoms with Crippen LogP contribution in [0.2, 0.25) is 10.0 Å². The van der Waals surface area contributed by atoms with Crippen LogP contribution in [0, 0.1) is 13.8 Å². The lowest BCUT2D eigenvalue weighted by molar-refractivity contribution is 0.501. The van der Waals surface area contributed by atoms with Crippen molar-refractivity contribution in [3.05, 3.63) is 57.6 Å². The third-order valence-electron chi connectivity index (χ3n) is 3.01. The Morgan fingerprint density at radius 1 is 0.895 bits per heavy atom. The van der Waals surface area contributed by atoms with Crippen molar-refractivity contribution in [3.63, 3.8) is 0 Å². The Hall–Kier alpha value is -0.790. The molecule has 0 radical (unpaired) electrons. The first-order valence-corrected chi connectivity index (χ1v) is 8.10. The SMILES string of the molecule is Cc1ccc(P(=O)(O)c2ccc(C)c(Cl)c2)cc1Cl. The highest BCUT2D eigenvalue weighted by molar-refractivity contribution is 7.73. The van der Waals surface area contributed by atoms with Crippen molar-refractivity contribution in [1.29, 1.82) is 0 Å². The van der Waals surface area contributed by atoms with E-state index in [0.717, 1.165) is 11.1 Å². The maximum Gasteiger partial charge on any atom is 0.258 e. The van der Waals surface area contributed by atoms with Gasteiger partial charge in [-0.25, -0.2) is 0 Å². The number of rotatable bonds is 2. The zero-order chi connectivity index (χ0) is 14.2. The minimum absolute atomic E-state index is 0.308. The van der Waals surface area contributed by atoms with E-state index in [1.165, 1.54) is 12.1 Å². The van der Waals surface area contributed by atoms with E-state index in [9.17, 15) is 9.46 Å². The van der Waals surface area contributed by atoms with E-state index in [4.69, 9.17) is 23.2 Å². The molecule has 0 bridgehead atoms. The summed E-state index contributed by atoms with van der Waals surface area (Å²) in [6, 6.07) is 9.77. The van der Waals surface area contributed by atoms with Crippen molar-refractivity contribution in [3.8, 4) is 0 Å². The van der Waals surface area contributed by atoms with Crippen molar-refractivity contribution in [2.24, 2.45) is 0 Å². The molecule has 0 saturated heterocycles. The number of halogens is 2. The van der Waals surface area contributed by atoms with Crippen LogP contribution in [0.25, 0.3) is 0 Å². The Balaban J connectivity index is 2.54. The molecular formula is C14H13Cl2O2P. The Labute approximate surface area is 122 Å². The first-order chi connectivity index (χ1) is 8.82. The molecule has 19 heavy (non-hydrogen) atoms. The Morgan fingerprint density at radius 3 is 1.58 bits per heavy atom. The molecule has 2 rings (SSSR count). The van der Waals surface area contributed by atoms with E-state index in [1.807, 2.05) is 13.8 Å². The molecule has 0 heterocycles. The molecule has 0 aliphatic rings. The van der Waals surface area contributed by atoms with Crippen LogP contribution in [0.5, 0.6) is 0 Å². The lowest BCUT2D eigenvalue weighted by Gasteiger charge is -2.14. The molecule has 100 valence electrons. The van der Waals surface area contributed by atoms with Gasteiger partial charge >= 0.3 is 0 Å². The predicted octanol–water partition coefficient (Wildman–Crippen LogP) is 3.83. The topological polar surface area (TPSA) is 37.3 Å². The average molecular weight is 315 g/mol. The minimum atomic E-state index is -3.66. The highest BCUT2D eigenvalue weighted by atomic mass is 35.5. The van der Waals surface area contributed by atoms with Crippen LogP contribution in [0.3, 0.4) is 0 Å². The van der Waals surface area contributed by atoms with E-state index in [-0.39, 0.29) is 0 Å². The van der Waals surface area contributed by atoms with Gasteiger partial charge < -0.3 is 4.89 Å². The number of aryl methyl sites for hydroxylation is 2. The fourth-order valence-corrected chi connectivity index (χ4v) is 3.66. The van der Waals surface area contributed by atoms with Crippen molar-refractivity contribution >= 4 is 41.2 Å². The van der Waals surface area contributed by atoms with Gasteiger partial charge in [-0.05, 0) is 49.2 Å². The maximum absolute atomic E-state index is 12.6. The van der Waals surface area contributed by atoms with Crippen LogP contribution in [-0.2, 0) is 4.57 Å². The molecular weight excluding hydrogens is 302 g/mol. The monoisotopic (exact) mass is 314 g/mol. The van der Waals surface area contributed by atoms with Gasteiger partial charge in [-0.15, -0.1) is 0 Å². The maximum atomic E-state index is 12.6. The van der Waals surface area contributed by atoms with Crippen LogP contribution >= 0.6 is 30.6 Å². The van der Waals surface area contributed by atoms with Crippen LogP contribution < -0.4 is 10.6 Å². The van der Waals surface area contributed by atoms with Gasteiger partial charge in [0.25, 0.3) is 7.37 Å². The molecule has 0 atom stereocenters. The van der Waals surface area contributed by atoms with Crippen molar-refractivity contribution in [2.75, 3.05) is 0 Å². The highest BCUT2D eigenvalue weighted by Crippen LogP contribution is 2.39. The van der Waals surface area contributed by atoms with E-state index >= 15 is 0 Å². The van der Waals surface area contributed by atoms with E-state index in [0.29, 0.717) is 20.7 Å². The minimum Gasteiger partial charge on any atom is -0.338 e. The first-order valence-electron chi connectivity index (χ1n) is 5.68. The molecule has 5 heteroatoms. The molecule has 0 saturated carbocycles. The van der Waals surface area contributed by atoms with Gasteiger partial charge in [0, 0.05) is 20.7 Å². The summed E-state index contributed by atoms with van der Waals surface area (Å²) in [7, 11) is -3.66. The average Bonchev–Trinajstić information content (AvgIpc) is 2.35. The third kappa shape index (κ3) is 2.88. The molecule has 0 fully saturated rings. The second-order valence-corrected chi connectivity index (χ2v) is 7.44. The van der Waals surface area contributed by atoms with Gasteiger partial charge in [0.15, 0.2) is 0 Å². The molecule has 1 N–H and O–H groups in total. The normalized spacial score (nSPS) is 11.6. The summed E-state index contributed by atoms with van der Waals surface area (Å²) < 4.78 is 12.6. The molecule has 0 amide bonds. The summed E-state index contributed by atoms with van der Waals surface area (Å²) in [5.41, 5.74) is 1.74. The van der Waals surface area contributed by atoms with Gasteiger partial charge in [-0.2, -0.15) is 0 Å². The molecule has 2 aromatic rings. The summed E-state index contributed by atoms with van der Waals surface area (Å²) in [4.78, 5) is 10.3. The zero-order valence-electron chi connectivity index (χ0n) is 10.5. The molecule has 0 unspecified atom stereocenters. The van der Waals surface area contributed by atoms with E-state index in [1.54, 1.807) is 24.3 Å². The molecule has 2 aromatic carbocycles. The van der Waals surface area contributed by atoms with Gasteiger partial charge in [-0.1, -0.05) is 35.3 Å². The third-order valence-corrected chi connectivity index (χ3v) is 5.78. The van der Waals surface area contributed by atoms with Crippen molar-refractivity contribution in [2.45, 2.75) is 13.8 Å². The fraction of sp³-hybridized carbons (Fsp3) is 0.143. The number of benzene rings is 2. The smallest absolute Gasteiger partial charge is 0.258 e. The second kappa shape index (κ2) is 5.30. The second-order valence-electron chi connectivity index (χ2n) is 4.44. The lowest BCUT2D eigenvalue weighted by atomic mass is 10.2. The Morgan fingerprint density at radius 2 is 1.26 bits per heavy atom. The molecule has 0 aromatic heterocycles. The predicted molar refractivity (Wildman–Crippen MR) is 81.5 cm³/mol. The largest absolute Gasteiger partial charge is 0.338 e. The first kappa shape index (κ1) is 14.6. The Bertz CT molecular complexity index is 628. The van der Waals surface area contributed by atoms with Crippen molar-refractivity contribution < 1.29 is 9.46 Å². The van der Waals surface area contributed by atoms with Gasteiger partial charge in [0.05, 0.1) is 0 Å². The van der Waals surface area contributed by atoms with Crippen LogP contribution in [0.4, 0.5) is 0 Å². The zero-order valence-corrected chi connectivity index (χ0v) is 12.9. The van der Waals surface area contributed by atoms with E-state index in [2.05, 4.69) is 0 Å². The van der Waals surface area contributed by atoms with Crippen LogP contribution in [-0.4, -0.2) is 4.89 Å². The quantitative estimate of drug-likeness (QED) is 0.855. The summed E-state index contributed by atoms with van der Waals surface area (Å²) >= 11 is 12.0. The lowest BCUT2D eigenvalue weighted by Crippen LogP contribution is -2.16. The number of hydrogen-bond acceptors (Lipinski definition) is 1. The van der Waals surface area contributed by atoms with Gasteiger partial charge in [0.2, 0.25) is 0 Å². The van der Waals surface area contributed by atoms with Crippen molar-refractivity contribution in [1.82, 2.24) is 0 Å². The van der Waals surface area contributed by atoms with Gasteiger partial charge in [0.1, 0.15) is 0 Å². The Kier molecular flexibility index (Phi) is 4.08. The summed E-state index contributed by atoms with van der Waals surface area (Å²) in [5.74, 6) is 0. The molecule has 0 spiro atoms. The molecule has 0 aliphatic carbocycles. The standard InChI is InChI=1S/C14H13Cl2O2P/c1-9-3-5-11(7-13(9)15)19(17,18)12-6-4-10(2)14(16)8-12/h3-8H,1-2H3,(H,17,18). The summed E-state index contributed by atoms with van der Waals surface area (Å²) in [5, 5.41) is 1.57. The fourth-order valence-electron chi connectivity index (χ4n) is 1.69. The van der Waals surface area contributed by atoms with E-state index < -0.39 is 7.37 Å². The summed E-state index contributed by atoms with van der Waals surface area (Å²) in [6.45, 7) is 3.69. The van der Waals surface area contributed by atoms with Crippen LogP contribution in [0.1, 0.15) is 11.1 Å². The van der Waals surface area contributed by atoms with Gasteiger partial charge in [-0.3, -0.25) is 4.57 Å². The van der Waals surface area contributed by atoms with Crippen LogP contribution in [0.15, 0.2) is 36.4 Å². The number of hydrogen-bond donors (Lipinski definition) is 1.